The van der Waals surface area contributed by atoms with Crippen LogP contribution in [0.3, 0.4) is 0 Å². The Morgan fingerprint density at radius 2 is 2.09 bits per heavy atom. The van der Waals surface area contributed by atoms with Crippen molar-refractivity contribution in [2.24, 2.45) is 5.41 Å². The molecule has 0 atom stereocenters. The second kappa shape index (κ2) is 7.63. The summed E-state index contributed by atoms with van der Waals surface area (Å²) in [5.74, 6) is 0.690. The third-order valence-corrected chi connectivity index (χ3v) is 4.67. The van der Waals surface area contributed by atoms with Gasteiger partial charge >= 0.3 is 6.03 Å². The second-order valence-electron chi connectivity index (χ2n) is 6.26. The van der Waals surface area contributed by atoms with E-state index < -0.39 is 0 Å². The molecule has 1 fully saturated rings. The normalized spacial score (nSPS) is 17.2. The van der Waals surface area contributed by atoms with E-state index in [4.69, 9.17) is 4.52 Å². The number of nitrogens with zero attached hydrogens (tertiary/aromatic N) is 1. The number of hydrogen-bond acceptors (Lipinski definition) is 4. The quantitative estimate of drug-likeness (QED) is 0.754. The number of amides is 2. The number of nitrogens with one attached hydrogen (secondary N) is 2. The van der Waals surface area contributed by atoms with Gasteiger partial charge in [0.15, 0.2) is 5.76 Å². The number of hydrogen-bond donors (Lipinski definition) is 3. The van der Waals surface area contributed by atoms with Crippen molar-refractivity contribution in [2.45, 2.75) is 58.8 Å². The van der Waals surface area contributed by atoms with Crippen molar-refractivity contribution in [1.29, 1.82) is 0 Å². The zero-order valence-electron chi connectivity index (χ0n) is 13.6. The molecule has 0 radical (unpaired) electrons. The highest BCUT2D eigenvalue weighted by Crippen LogP contribution is 2.38. The first-order valence-corrected chi connectivity index (χ1v) is 8.21. The Bertz CT molecular complexity index is 487. The van der Waals surface area contributed by atoms with Crippen LogP contribution in [0.25, 0.3) is 0 Å². The van der Waals surface area contributed by atoms with E-state index in [1.165, 1.54) is 19.3 Å². The van der Waals surface area contributed by atoms with Crippen molar-refractivity contribution < 1.29 is 14.4 Å². The van der Waals surface area contributed by atoms with Gasteiger partial charge in [0, 0.05) is 19.6 Å². The van der Waals surface area contributed by atoms with E-state index in [9.17, 15) is 9.90 Å². The van der Waals surface area contributed by atoms with Crippen LogP contribution in [-0.2, 0) is 6.42 Å². The lowest BCUT2D eigenvalue weighted by molar-refractivity contribution is 0.128. The molecular weight excluding hydrogens is 282 g/mol. The van der Waals surface area contributed by atoms with Crippen LogP contribution < -0.4 is 10.6 Å². The Morgan fingerprint density at radius 1 is 1.36 bits per heavy atom. The number of carbonyl (C=O) groups excluding carboxylic acids is 1. The number of anilines is 1. The maximum absolute atomic E-state index is 12.2. The summed E-state index contributed by atoms with van der Waals surface area (Å²) in [5.41, 5.74) is 1.40. The molecular formula is C16H27N3O3. The molecule has 124 valence electrons. The molecule has 2 amide bonds. The number of aryl methyl sites for hydroxylation is 2. The average Bonchev–Trinajstić information content (AvgIpc) is 2.87. The van der Waals surface area contributed by atoms with E-state index in [2.05, 4.69) is 15.8 Å². The van der Waals surface area contributed by atoms with Gasteiger partial charge in [-0.2, -0.15) is 0 Å². The fraction of sp³-hybridized carbons (Fsp3) is 0.750. The van der Waals surface area contributed by atoms with Gasteiger partial charge in [-0.1, -0.05) is 31.3 Å². The minimum Gasteiger partial charge on any atom is -0.396 e. The zero-order valence-corrected chi connectivity index (χ0v) is 13.6. The molecule has 0 aliphatic heterocycles. The summed E-state index contributed by atoms with van der Waals surface area (Å²) in [6.07, 6.45) is 7.17. The third-order valence-electron chi connectivity index (χ3n) is 4.67. The lowest BCUT2D eigenvalue weighted by Gasteiger charge is -2.37. The molecule has 0 unspecified atom stereocenters. The summed E-state index contributed by atoms with van der Waals surface area (Å²) in [7, 11) is 0. The second-order valence-corrected chi connectivity index (χ2v) is 6.26. The molecule has 1 aromatic heterocycles. The molecule has 0 saturated heterocycles. The van der Waals surface area contributed by atoms with Crippen LogP contribution in [0, 0.1) is 12.3 Å². The molecule has 6 heteroatoms. The van der Waals surface area contributed by atoms with Gasteiger partial charge in [0.2, 0.25) is 0 Å². The SMILES string of the molecule is CCc1onc(C)c1NC(=O)NCC1(CCO)CCCCC1. The van der Waals surface area contributed by atoms with Crippen molar-refractivity contribution in [3.8, 4) is 0 Å². The van der Waals surface area contributed by atoms with Gasteiger partial charge in [-0.05, 0) is 31.6 Å². The van der Waals surface area contributed by atoms with Gasteiger partial charge in [-0.25, -0.2) is 4.79 Å². The molecule has 6 nitrogen and oxygen atoms in total. The largest absolute Gasteiger partial charge is 0.396 e. The summed E-state index contributed by atoms with van der Waals surface area (Å²) < 4.78 is 5.17. The average molecular weight is 309 g/mol. The molecule has 0 aromatic carbocycles. The highest BCUT2D eigenvalue weighted by Gasteiger charge is 2.32. The molecule has 22 heavy (non-hydrogen) atoms. The number of aromatic nitrogens is 1. The van der Waals surface area contributed by atoms with Gasteiger partial charge in [0.05, 0.1) is 0 Å². The number of aliphatic hydroxyl groups excluding tert-OH is 1. The van der Waals surface area contributed by atoms with Gasteiger partial charge in [0.1, 0.15) is 11.4 Å². The number of aliphatic hydroxyl groups is 1. The van der Waals surface area contributed by atoms with Gasteiger partial charge in [0.25, 0.3) is 0 Å². The fourth-order valence-corrected chi connectivity index (χ4v) is 3.30. The van der Waals surface area contributed by atoms with Crippen LogP contribution >= 0.6 is 0 Å². The van der Waals surface area contributed by atoms with Crippen molar-refractivity contribution in [2.75, 3.05) is 18.5 Å². The monoisotopic (exact) mass is 309 g/mol. The Balaban J connectivity index is 1.92. The molecule has 1 saturated carbocycles. The Morgan fingerprint density at radius 3 is 2.73 bits per heavy atom. The van der Waals surface area contributed by atoms with Gasteiger partial charge in [-0.15, -0.1) is 0 Å². The standard InChI is InChI=1S/C16H27N3O3/c1-3-13-14(12(2)19-22-13)18-15(21)17-11-16(9-10-20)7-5-4-6-8-16/h20H,3-11H2,1-2H3,(H2,17,18,21). The molecule has 1 heterocycles. The van der Waals surface area contributed by atoms with E-state index in [-0.39, 0.29) is 18.1 Å². The molecule has 1 aliphatic carbocycles. The molecule has 0 spiro atoms. The first-order valence-electron chi connectivity index (χ1n) is 8.21. The number of rotatable bonds is 6. The molecule has 3 N–H and O–H groups in total. The maximum Gasteiger partial charge on any atom is 0.319 e. The van der Waals surface area contributed by atoms with Crippen LogP contribution in [0.2, 0.25) is 0 Å². The van der Waals surface area contributed by atoms with Crippen molar-refractivity contribution in [3.05, 3.63) is 11.5 Å². The van der Waals surface area contributed by atoms with E-state index in [1.807, 2.05) is 13.8 Å². The summed E-state index contributed by atoms with van der Waals surface area (Å²) in [4.78, 5) is 12.2. The topological polar surface area (TPSA) is 87.4 Å². The fourth-order valence-electron chi connectivity index (χ4n) is 3.30. The summed E-state index contributed by atoms with van der Waals surface area (Å²) in [6, 6.07) is -0.233. The van der Waals surface area contributed by atoms with E-state index >= 15 is 0 Å². The predicted molar refractivity (Wildman–Crippen MR) is 84.9 cm³/mol. The number of carbonyl (C=O) groups is 1. The highest BCUT2D eigenvalue weighted by atomic mass is 16.5. The minimum atomic E-state index is -0.233. The first-order chi connectivity index (χ1) is 10.6. The highest BCUT2D eigenvalue weighted by molar-refractivity contribution is 5.90. The van der Waals surface area contributed by atoms with Crippen molar-refractivity contribution in [3.63, 3.8) is 0 Å². The van der Waals surface area contributed by atoms with Gasteiger partial charge in [-0.3, -0.25) is 0 Å². The van der Waals surface area contributed by atoms with E-state index in [0.717, 1.165) is 19.3 Å². The summed E-state index contributed by atoms with van der Waals surface area (Å²) in [5, 5.41) is 19.0. The first kappa shape index (κ1) is 16.8. The Kier molecular flexibility index (Phi) is 5.83. The predicted octanol–water partition coefficient (Wildman–Crippen LogP) is 3.00. The lowest BCUT2D eigenvalue weighted by atomic mass is 9.72. The van der Waals surface area contributed by atoms with Crippen molar-refractivity contribution >= 4 is 11.7 Å². The third kappa shape index (κ3) is 4.00. The Hall–Kier alpha value is -1.56. The zero-order chi connectivity index (χ0) is 16.0. The summed E-state index contributed by atoms with van der Waals surface area (Å²) in [6.45, 7) is 4.55. The summed E-state index contributed by atoms with van der Waals surface area (Å²) >= 11 is 0. The van der Waals surface area contributed by atoms with E-state index in [1.54, 1.807) is 0 Å². The molecule has 1 aliphatic rings. The molecule has 2 rings (SSSR count). The molecule has 0 bridgehead atoms. The van der Waals surface area contributed by atoms with Crippen LogP contribution in [0.4, 0.5) is 10.5 Å². The van der Waals surface area contributed by atoms with Crippen LogP contribution in [0.5, 0.6) is 0 Å². The Labute approximate surface area is 131 Å². The smallest absolute Gasteiger partial charge is 0.319 e. The van der Waals surface area contributed by atoms with E-state index in [0.29, 0.717) is 30.1 Å². The lowest BCUT2D eigenvalue weighted by Crippen LogP contribution is -2.41. The molecule has 1 aromatic rings. The van der Waals surface area contributed by atoms with Crippen LogP contribution in [0.1, 0.15) is 56.9 Å². The van der Waals surface area contributed by atoms with Crippen LogP contribution in [0.15, 0.2) is 4.52 Å². The van der Waals surface area contributed by atoms with Gasteiger partial charge < -0.3 is 20.3 Å². The maximum atomic E-state index is 12.2. The number of urea groups is 1. The van der Waals surface area contributed by atoms with Crippen LogP contribution in [-0.4, -0.2) is 29.4 Å². The van der Waals surface area contributed by atoms with Crippen molar-refractivity contribution in [1.82, 2.24) is 10.5 Å². The minimum absolute atomic E-state index is 0.0433.